The van der Waals surface area contributed by atoms with Gasteiger partial charge in [0.1, 0.15) is 5.82 Å². The second-order valence-electron chi connectivity index (χ2n) is 10.9. The average molecular weight is 519 g/mol. The molecule has 1 aliphatic carbocycles. The predicted molar refractivity (Wildman–Crippen MR) is 132 cm³/mol. The maximum Gasteiger partial charge on any atom is 0.254 e. The van der Waals surface area contributed by atoms with Crippen molar-refractivity contribution in [1.82, 2.24) is 15.3 Å². The van der Waals surface area contributed by atoms with Gasteiger partial charge in [0.25, 0.3) is 5.91 Å². The molecule has 1 aromatic heterocycles. The first-order chi connectivity index (χ1) is 17.2. The van der Waals surface area contributed by atoms with Crippen LogP contribution in [0, 0.1) is 23.1 Å². The van der Waals surface area contributed by atoms with E-state index in [0.29, 0.717) is 35.6 Å². The number of aliphatic hydroxyl groups excluding tert-OH is 1. The van der Waals surface area contributed by atoms with E-state index in [0.717, 1.165) is 38.3 Å². The molecule has 3 heterocycles. The zero-order chi connectivity index (χ0) is 25.5. The number of amides is 1. The lowest BCUT2D eigenvalue weighted by atomic mass is 9.87. The van der Waals surface area contributed by atoms with Crippen LogP contribution < -0.4 is 10.2 Å². The molecule has 194 valence electrons. The lowest BCUT2D eigenvalue weighted by Gasteiger charge is -2.35. The summed E-state index contributed by atoms with van der Waals surface area (Å²) in [5.41, 5.74) is -0.333. The zero-order valence-corrected chi connectivity index (χ0v) is 21.3. The van der Waals surface area contributed by atoms with Gasteiger partial charge in [0.15, 0.2) is 6.29 Å². The van der Waals surface area contributed by atoms with E-state index in [1.54, 1.807) is 32.3 Å². The number of rotatable bonds is 6. The molecule has 1 atom stereocenters. The van der Waals surface area contributed by atoms with Gasteiger partial charge in [-0.15, -0.1) is 0 Å². The van der Waals surface area contributed by atoms with E-state index in [1.165, 1.54) is 12.1 Å². The number of anilines is 1. The van der Waals surface area contributed by atoms with E-state index >= 15 is 0 Å². The number of aromatic nitrogens is 2. The van der Waals surface area contributed by atoms with Gasteiger partial charge >= 0.3 is 0 Å². The summed E-state index contributed by atoms with van der Waals surface area (Å²) in [6.45, 7) is 6.07. The van der Waals surface area contributed by atoms with Crippen LogP contribution in [0.3, 0.4) is 0 Å². The first kappa shape index (κ1) is 25.3. The first-order valence-electron chi connectivity index (χ1n) is 12.4. The highest BCUT2D eigenvalue weighted by atomic mass is 35.5. The Balaban J connectivity index is 1.13. The average Bonchev–Trinajstić information content (AvgIpc) is 3.57. The van der Waals surface area contributed by atoms with Crippen LogP contribution in [0.15, 0.2) is 30.6 Å². The fourth-order valence-corrected chi connectivity index (χ4v) is 5.49. The molecule has 0 bridgehead atoms. The van der Waals surface area contributed by atoms with Crippen molar-refractivity contribution in [3.63, 3.8) is 0 Å². The molecule has 3 aliphatic rings. The molecule has 36 heavy (non-hydrogen) atoms. The molecule has 2 aromatic rings. The third-order valence-electron chi connectivity index (χ3n) is 7.65. The highest BCUT2D eigenvalue weighted by Gasteiger charge is 2.59. The second kappa shape index (κ2) is 9.85. The number of carbonyl (C=O) groups is 1. The summed E-state index contributed by atoms with van der Waals surface area (Å²) >= 11 is 5.90. The van der Waals surface area contributed by atoms with Crippen LogP contribution in [-0.4, -0.2) is 59.4 Å². The van der Waals surface area contributed by atoms with Crippen molar-refractivity contribution in [3.8, 4) is 0 Å². The van der Waals surface area contributed by atoms with Crippen LogP contribution >= 0.6 is 11.6 Å². The second-order valence-corrected chi connectivity index (χ2v) is 11.3. The van der Waals surface area contributed by atoms with Gasteiger partial charge in [0.2, 0.25) is 5.95 Å². The largest absolute Gasteiger partial charge is 0.394 e. The van der Waals surface area contributed by atoms with Crippen molar-refractivity contribution in [3.05, 3.63) is 52.6 Å². The summed E-state index contributed by atoms with van der Waals surface area (Å²) in [6, 6.07) is 4.39. The van der Waals surface area contributed by atoms with Gasteiger partial charge in [0.05, 0.1) is 48.3 Å². The van der Waals surface area contributed by atoms with E-state index in [2.05, 4.69) is 20.2 Å². The van der Waals surface area contributed by atoms with Gasteiger partial charge in [-0.2, -0.15) is 0 Å². The van der Waals surface area contributed by atoms with Gasteiger partial charge in [0, 0.05) is 24.1 Å². The van der Waals surface area contributed by atoms with E-state index in [-0.39, 0.29) is 17.6 Å². The molecule has 1 aromatic carbocycles. The van der Waals surface area contributed by atoms with Gasteiger partial charge in [-0.25, -0.2) is 14.4 Å². The van der Waals surface area contributed by atoms with Gasteiger partial charge in [-0.3, -0.25) is 4.79 Å². The number of carbonyl (C=O) groups excluding carboxylic acids is 1. The maximum atomic E-state index is 14.7. The Morgan fingerprint density at radius 1 is 1.25 bits per heavy atom. The highest BCUT2D eigenvalue weighted by molar-refractivity contribution is 6.30. The van der Waals surface area contributed by atoms with Crippen molar-refractivity contribution in [2.75, 3.05) is 37.8 Å². The molecule has 1 amide bonds. The van der Waals surface area contributed by atoms with E-state index in [9.17, 15) is 14.3 Å². The van der Waals surface area contributed by atoms with Crippen LogP contribution in [0.5, 0.6) is 0 Å². The summed E-state index contributed by atoms with van der Waals surface area (Å²) in [5, 5.41) is 12.5. The quantitative estimate of drug-likeness (QED) is 0.601. The lowest BCUT2D eigenvalue weighted by Crippen LogP contribution is -2.46. The SMILES string of the molecule is CC(C)(CO)NC(=O)c1ccc([C@H]2OC[C@]3(CO2)C[C@H]3C2CCN(c3ncc(Cl)cn3)CC2)cc1F. The van der Waals surface area contributed by atoms with E-state index in [1.807, 2.05) is 0 Å². The number of aliphatic hydroxyl groups is 1. The summed E-state index contributed by atoms with van der Waals surface area (Å²) in [5.74, 6) is 0.674. The summed E-state index contributed by atoms with van der Waals surface area (Å²) in [7, 11) is 0. The molecule has 5 rings (SSSR count). The zero-order valence-electron chi connectivity index (χ0n) is 20.5. The Labute approximate surface area is 215 Å². The highest BCUT2D eigenvalue weighted by Crippen LogP contribution is 2.61. The minimum absolute atomic E-state index is 0.0361. The number of ether oxygens (including phenoxy) is 2. The minimum Gasteiger partial charge on any atom is -0.394 e. The molecule has 2 aliphatic heterocycles. The molecule has 10 heteroatoms. The number of nitrogens with one attached hydrogen (secondary N) is 1. The minimum atomic E-state index is -0.840. The summed E-state index contributed by atoms with van der Waals surface area (Å²) in [4.78, 5) is 23.3. The van der Waals surface area contributed by atoms with Crippen LogP contribution in [0.1, 0.15) is 55.3 Å². The normalized spacial score (nSPS) is 26.8. The molecule has 3 fully saturated rings. The summed E-state index contributed by atoms with van der Waals surface area (Å²) < 4.78 is 26.8. The third-order valence-corrected chi connectivity index (χ3v) is 7.85. The van der Waals surface area contributed by atoms with Crippen molar-refractivity contribution < 1.29 is 23.8 Å². The smallest absolute Gasteiger partial charge is 0.254 e. The fourth-order valence-electron chi connectivity index (χ4n) is 5.39. The van der Waals surface area contributed by atoms with Crippen LogP contribution in [0.4, 0.5) is 10.3 Å². The van der Waals surface area contributed by atoms with Crippen molar-refractivity contribution in [2.24, 2.45) is 17.3 Å². The number of hydrogen-bond acceptors (Lipinski definition) is 7. The number of benzene rings is 1. The summed E-state index contributed by atoms with van der Waals surface area (Å²) in [6.07, 6.45) is 5.83. The molecule has 0 radical (unpaired) electrons. The molecule has 1 spiro atoms. The van der Waals surface area contributed by atoms with Gasteiger partial charge in [-0.1, -0.05) is 17.7 Å². The molecule has 2 N–H and O–H groups in total. The molecular formula is C26H32ClFN4O4. The van der Waals surface area contributed by atoms with Crippen molar-refractivity contribution in [2.45, 2.75) is 44.9 Å². The first-order valence-corrected chi connectivity index (χ1v) is 12.8. The third kappa shape index (κ3) is 5.20. The number of nitrogens with zero attached hydrogens (tertiary/aromatic N) is 3. The number of piperidine rings is 1. The molecule has 8 nitrogen and oxygen atoms in total. The monoisotopic (exact) mass is 518 g/mol. The lowest BCUT2D eigenvalue weighted by molar-refractivity contribution is -0.216. The predicted octanol–water partition coefficient (Wildman–Crippen LogP) is 3.74. The van der Waals surface area contributed by atoms with Gasteiger partial charge in [-0.05, 0) is 57.1 Å². The fraction of sp³-hybridized carbons (Fsp3) is 0.577. The van der Waals surface area contributed by atoms with E-state index < -0.39 is 23.6 Å². The molecule has 1 saturated carbocycles. The van der Waals surface area contributed by atoms with Crippen molar-refractivity contribution >= 4 is 23.5 Å². The van der Waals surface area contributed by atoms with Crippen LogP contribution in [-0.2, 0) is 9.47 Å². The molecule has 2 saturated heterocycles. The maximum absolute atomic E-state index is 14.7. The molecular weight excluding hydrogens is 487 g/mol. The Bertz CT molecular complexity index is 1100. The van der Waals surface area contributed by atoms with Crippen molar-refractivity contribution in [1.29, 1.82) is 0 Å². The standard InChI is InChI=1S/C26H32ClFN4O4/c1-25(2,13-33)31-22(34)19-4-3-17(9-21(19)28)23-35-14-26(15-36-23)10-20(26)16-5-7-32(8-6-16)24-29-11-18(27)12-30-24/h3-4,9,11-12,16,20,23,33H,5-8,10,13-15H2,1-2H3,(H,31,34)/t20-,23-,26-/m0/s1. The Morgan fingerprint density at radius 3 is 2.53 bits per heavy atom. The van der Waals surface area contributed by atoms with E-state index in [4.69, 9.17) is 21.1 Å². The number of halogens is 2. The van der Waals surface area contributed by atoms with Crippen LogP contribution in [0.2, 0.25) is 5.02 Å². The van der Waals surface area contributed by atoms with Gasteiger partial charge < -0.3 is 24.8 Å². The number of hydrogen-bond donors (Lipinski definition) is 2. The van der Waals surface area contributed by atoms with Crippen LogP contribution in [0.25, 0.3) is 0 Å². The Kier molecular flexibility index (Phi) is 6.93. The Morgan fingerprint density at radius 2 is 1.92 bits per heavy atom. The topological polar surface area (TPSA) is 96.8 Å². The molecule has 0 unspecified atom stereocenters. The Hall–Kier alpha value is -2.33.